The van der Waals surface area contributed by atoms with Crippen molar-refractivity contribution in [1.82, 2.24) is 4.90 Å². The second kappa shape index (κ2) is 8.63. The van der Waals surface area contributed by atoms with Gasteiger partial charge in [0.05, 0.1) is 5.56 Å². The van der Waals surface area contributed by atoms with E-state index in [1.165, 1.54) is 26.2 Å². The van der Waals surface area contributed by atoms with Gasteiger partial charge in [-0.25, -0.2) is 9.59 Å². The standard InChI is InChI=1S/C13H13ClN2O6/c1-16(2)11(17)10(14)15-22-13(19)21-8-20-12(18)9-6-4-3-5-7-9/h3-7H,8H2,1-2H3/b15-10-. The van der Waals surface area contributed by atoms with Crippen LogP contribution in [0.25, 0.3) is 0 Å². The topological polar surface area (TPSA) is 94.5 Å². The van der Waals surface area contributed by atoms with E-state index in [4.69, 9.17) is 11.6 Å². The summed E-state index contributed by atoms with van der Waals surface area (Å²) in [6, 6.07) is 8.13. The predicted molar refractivity (Wildman–Crippen MR) is 76.3 cm³/mol. The van der Waals surface area contributed by atoms with E-state index < -0.39 is 30.0 Å². The highest BCUT2D eigenvalue weighted by Gasteiger charge is 2.14. The third-order valence-electron chi connectivity index (χ3n) is 2.16. The van der Waals surface area contributed by atoms with Gasteiger partial charge in [-0.2, -0.15) is 0 Å². The Balaban J connectivity index is 2.34. The van der Waals surface area contributed by atoms with Crippen LogP contribution in [0.2, 0.25) is 0 Å². The lowest BCUT2D eigenvalue weighted by molar-refractivity contribution is -0.121. The van der Waals surface area contributed by atoms with Crippen LogP contribution in [0.3, 0.4) is 0 Å². The molecule has 0 fully saturated rings. The molecular formula is C13H13ClN2O6. The molecule has 1 amide bonds. The second-order valence-electron chi connectivity index (χ2n) is 3.98. The Hall–Kier alpha value is -2.61. The van der Waals surface area contributed by atoms with Crippen LogP contribution in [0.4, 0.5) is 4.79 Å². The van der Waals surface area contributed by atoms with Crippen LogP contribution in [0, 0.1) is 0 Å². The van der Waals surface area contributed by atoms with Crippen LogP contribution >= 0.6 is 11.6 Å². The van der Waals surface area contributed by atoms with Crippen LogP contribution in [0.5, 0.6) is 0 Å². The van der Waals surface area contributed by atoms with Crippen LogP contribution in [0.1, 0.15) is 10.4 Å². The Bertz CT molecular complexity index is 573. The van der Waals surface area contributed by atoms with Gasteiger partial charge in [-0.15, -0.1) is 0 Å². The molecule has 0 aliphatic heterocycles. The van der Waals surface area contributed by atoms with Crippen molar-refractivity contribution in [3.8, 4) is 0 Å². The largest absolute Gasteiger partial charge is 0.538 e. The zero-order valence-electron chi connectivity index (χ0n) is 11.8. The predicted octanol–water partition coefficient (Wildman–Crippen LogP) is 1.59. The number of halogens is 1. The fraction of sp³-hybridized carbons (Fsp3) is 0.231. The summed E-state index contributed by atoms with van der Waals surface area (Å²) in [5.74, 6) is -1.32. The summed E-state index contributed by atoms with van der Waals surface area (Å²) in [7, 11) is 2.89. The summed E-state index contributed by atoms with van der Waals surface area (Å²) in [5, 5.41) is 2.52. The first-order chi connectivity index (χ1) is 10.4. The van der Waals surface area contributed by atoms with E-state index in [1.54, 1.807) is 18.2 Å². The van der Waals surface area contributed by atoms with Gasteiger partial charge in [0.1, 0.15) is 0 Å². The van der Waals surface area contributed by atoms with E-state index in [9.17, 15) is 14.4 Å². The summed E-state index contributed by atoms with van der Waals surface area (Å²) in [6.45, 7) is -0.665. The van der Waals surface area contributed by atoms with E-state index in [2.05, 4.69) is 19.5 Å². The molecule has 0 aliphatic rings. The Morgan fingerprint density at radius 2 is 1.77 bits per heavy atom. The minimum atomic E-state index is -1.27. The molecule has 0 atom stereocenters. The summed E-state index contributed by atoms with van der Waals surface area (Å²) < 4.78 is 9.10. The van der Waals surface area contributed by atoms with Gasteiger partial charge in [0.15, 0.2) is 0 Å². The third kappa shape index (κ3) is 5.80. The zero-order chi connectivity index (χ0) is 16.5. The van der Waals surface area contributed by atoms with Gasteiger partial charge in [0, 0.05) is 14.1 Å². The van der Waals surface area contributed by atoms with Gasteiger partial charge in [0.25, 0.3) is 5.91 Å². The maximum absolute atomic E-state index is 11.5. The number of amides is 1. The zero-order valence-corrected chi connectivity index (χ0v) is 12.6. The number of carbonyl (C=O) groups excluding carboxylic acids is 3. The van der Waals surface area contributed by atoms with E-state index >= 15 is 0 Å². The van der Waals surface area contributed by atoms with Gasteiger partial charge in [0.2, 0.25) is 12.0 Å². The number of nitrogens with zero attached hydrogens (tertiary/aromatic N) is 2. The summed E-state index contributed by atoms with van der Waals surface area (Å²) in [5.41, 5.74) is 0.303. The average Bonchev–Trinajstić information content (AvgIpc) is 2.52. The first kappa shape index (κ1) is 17.4. The molecular weight excluding hydrogens is 316 g/mol. The number of ether oxygens (including phenoxy) is 2. The SMILES string of the molecule is CN(C)C(=O)/C(Cl)=N/OC(=O)OCOC(=O)c1ccccc1. The van der Waals surface area contributed by atoms with Gasteiger partial charge in [-0.3, -0.25) is 9.63 Å². The van der Waals surface area contributed by atoms with Crippen molar-refractivity contribution < 1.29 is 28.7 Å². The molecule has 0 heterocycles. The Morgan fingerprint density at radius 3 is 2.36 bits per heavy atom. The molecule has 118 valence electrons. The highest BCUT2D eigenvalue weighted by Crippen LogP contribution is 2.01. The molecule has 9 heteroatoms. The van der Waals surface area contributed by atoms with E-state index in [-0.39, 0.29) is 0 Å². The summed E-state index contributed by atoms with van der Waals surface area (Å²) in [6.07, 6.45) is -1.27. The average molecular weight is 329 g/mol. The summed E-state index contributed by atoms with van der Waals surface area (Å²) >= 11 is 5.48. The van der Waals surface area contributed by atoms with Gasteiger partial charge < -0.3 is 14.4 Å². The molecule has 0 saturated heterocycles. The molecule has 1 aromatic rings. The second-order valence-corrected chi connectivity index (χ2v) is 4.34. The summed E-state index contributed by atoms with van der Waals surface area (Å²) in [4.78, 5) is 39.3. The van der Waals surface area contributed by atoms with Crippen molar-refractivity contribution in [1.29, 1.82) is 0 Å². The van der Waals surface area contributed by atoms with Crippen molar-refractivity contribution in [2.45, 2.75) is 0 Å². The van der Waals surface area contributed by atoms with Gasteiger partial charge in [-0.05, 0) is 12.1 Å². The van der Waals surface area contributed by atoms with Crippen LogP contribution in [-0.2, 0) is 19.1 Å². The Labute approximate surface area is 131 Å². The monoisotopic (exact) mass is 328 g/mol. The Morgan fingerprint density at radius 1 is 1.14 bits per heavy atom. The molecule has 0 radical (unpaired) electrons. The minimum absolute atomic E-state index is 0.303. The van der Waals surface area contributed by atoms with Crippen molar-refractivity contribution in [3.05, 3.63) is 35.9 Å². The first-order valence-electron chi connectivity index (χ1n) is 5.93. The van der Waals surface area contributed by atoms with Crippen LogP contribution in [0.15, 0.2) is 35.5 Å². The molecule has 0 aliphatic carbocycles. The highest BCUT2D eigenvalue weighted by molar-refractivity contribution is 6.82. The molecule has 0 N–H and O–H groups in total. The fourth-order valence-corrected chi connectivity index (χ4v) is 1.32. The molecule has 0 aromatic heterocycles. The van der Waals surface area contributed by atoms with Crippen molar-refractivity contribution >= 4 is 34.8 Å². The number of hydrogen-bond donors (Lipinski definition) is 0. The van der Waals surface area contributed by atoms with Gasteiger partial charge >= 0.3 is 12.1 Å². The lowest BCUT2D eigenvalue weighted by Gasteiger charge is -2.07. The smallest absolute Gasteiger partial charge is 0.424 e. The fourth-order valence-electron chi connectivity index (χ4n) is 1.12. The number of carbonyl (C=O) groups is 3. The van der Waals surface area contributed by atoms with Crippen molar-refractivity contribution in [2.75, 3.05) is 20.9 Å². The highest BCUT2D eigenvalue weighted by atomic mass is 35.5. The molecule has 0 unspecified atom stereocenters. The molecule has 0 saturated carbocycles. The van der Waals surface area contributed by atoms with E-state index in [1.807, 2.05) is 0 Å². The third-order valence-corrected chi connectivity index (χ3v) is 2.39. The molecule has 0 bridgehead atoms. The van der Waals surface area contributed by atoms with Crippen molar-refractivity contribution in [3.63, 3.8) is 0 Å². The minimum Gasteiger partial charge on any atom is -0.424 e. The number of rotatable bonds is 5. The van der Waals surface area contributed by atoms with Crippen molar-refractivity contribution in [2.24, 2.45) is 5.16 Å². The maximum atomic E-state index is 11.5. The van der Waals surface area contributed by atoms with E-state index in [0.29, 0.717) is 5.56 Å². The molecule has 1 rings (SSSR count). The first-order valence-corrected chi connectivity index (χ1v) is 6.30. The molecule has 1 aromatic carbocycles. The quantitative estimate of drug-likeness (QED) is 0.268. The van der Waals surface area contributed by atoms with Crippen LogP contribution in [-0.4, -0.2) is 49.0 Å². The molecule has 8 nitrogen and oxygen atoms in total. The van der Waals surface area contributed by atoms with Gasteiger partial charge in [-0.1, -0.05) is 35.0 Å². The number of benzene rings is 1. The molecule has 0 spiro atoms. The lowest BCUT2D eigenvalue weighted by Crippen LogP contribution is -2.27. The maximum Gasteiger partial charge on any atom is 0.538 e. The normalized spacial score (nSPS) is 10.6. The van der Waals surface area contributed by atoms with E-state index in [0.717, 1.165) is 4.90 Å². The lowest BCUT2D eigenvalue weighted by atomic mass is 10.2. The van der Waals surface area contributed by atoms with Crippen LogP contribution < -0.4 is 0 Å². The number of oxime groups is 1. The number of esters is 1. The number of hydrogen-bond acceptors (Lipinski definition) is 7. The Kier molecular flexibility index (Phi) is 6.84. The molecule has 22 heavy (non-hydrogen) atoms.